The molecule has 2 N–H and O–H groups in total. The summed E-state index contributed by atoms with van der Waals surface area (Å²) in [5, 5.41) is 0. The Labute approximate surface area is 89.0 Å². The summed E-state index contributed by atoms with van der Waals surface area (Å²) in [6.45, 7) is 1.38. The second-order valence-corrected chi connectivity index (χ2v) is 4.34. The summed E-state index contributed by atoms with van der Waals surface area (Å²) in [4.78, 5) is 13.5. The molecule has 1 aromatic rings. The van der Waals surface area contributed by atoms with Crippen molar-refractivity contribution in [2.24, 2.45) is 11.1 Å². The quantitative estimate of drug-likeness (QED) is 0.805. The van der Waals surface area contributed by atoms with Gasteiger partial charge in [0.25, 0.3) is 5.91 Å². The highest BCUT2D eigenvalue weighted by molar-refractivity contribution is 5.91. The van der Waals surface area contributed by atoms with Crippen molar-refractivity contribution in [2.75, 3.05) is 20.1 Å². The van der Waals surface area contributed by atoms with E-state index < -0.39 is 0 Å². The van der Waals surface area contributed by atoms with Crippen molar-refractivity contribution < 1.29 is 9.21 Å². The third kappa shape index (κ3) is 2.04. The maximum absolute atomic E-state index is 11.8. The third-order valence-corrected chi connectivity index (χ3v) is 3.04. The van der Waals surface area contributed by atoms with Crippen molar-refractivity contribution in [3.05, 3.63) is 24.2 Å². The minimum absolute atomic E-state index is 0.0697. The Hall–Kier alpha value is -1.29. The Balaban J connectivity index is 1.97. The van der Waals surface area contributed by atoms with Gasteiger partial charge in [-0.3, -0.25) is 4.79 Å². The highest BCUT2D eigenvalue weighted by atomic mass is 16.3. The van der Waals surface area contributed by atoms with Gasteiger partial charge < -0.3 is 15.1 Å². The van der Waals surface area contributed by atoms with E-state index in [1.165, 1.54) is 6.26 Å². The second kappa shape index (κ2) is 3.70. The van der Waals surface area contributed by atoms with E-state index in [-0.39, 0.29) is 11.3 Å². The molecule has 0 atom stereocenters. The molecule has 1 aliphatic rings. The van der Waals surface area contributed by atoms with Gasteiger partial charge in [-0.25, -0.2) is 0 Å². The zero-order valence-corrected chi connectivity index (χ0v) is 8.90. The summed E-state index contributed by atoms with van der Waals surface area (Å²) in [5.41, 5.74) is 5.85. The molecule has 0 saturated heterocycles. The van der Waals surface area contributed by atoms with E-state index >= 15 is 0 Å². The number of carbonyl (C=O) groups is 1. The van der Waals surface area contributed by atoms with Crippen LogP contribution in [0, 0.1) is 5.41 Å². The molecule has 1 aromatic heterocycles. The Morgan fingerprint density at radius 2 is 2.40 bits per heavy atom. The number of nitrogens with zero attached hydrogens (tertiary/aromatic N) is 1. The number of rotatable bonds is 4. The smallest absolute Gasteiger partial charge is 0.289 e. The fraction of sp³-hybridized carbons (Fsp3) is 0.545. The Bertz CT molecular complexity index is 341. The predicted molar refractivity (Wildman–Crippen MR) is 56.4 cm³/mol. The maximum atomic E-state index is 11.8. The molecular formula is C11H16N2O2. The van der Waals surface area contributed by atoms with Gasteiger partial charge in [-0.1, -0.05) is 0 Å². The monoisotopic (exact) mass is 208 g/mol. The molecular weight excluding hydrogens is 192 g/mol. The van der Waals surface area contributed by atoms with Gasteiger partial charge in [-0.05, 0) is 31.5 Å². The first-order chi connectivity index (χ1) is 7.17. The number of carbonyl (C=O) groups excluding carboxylic acids is 1. The van der Waals surface area contributed by atoms with Gasteiger partial charge in [0.15, 0.2) is 5.76 Å². The first-order valence-electron chi connectivity index (χ1n) is 5.16. The molecule has 1 aliphatic carbocycles. The van der Waals surface area contributed by atoms with E-state index in [0.717, 1.165) is 19.4 Å². The molecule has 1 saturated carbocycles. The molecule has 1 amide bonds. The van der Waals surface area contributed by atoms with Crippen LogP contribution in [0.25, 0.3) is 0 Å². The molecule has 4 nitrogen and oxygen atoms in total. The van der Waals surface area contributed by atoms with E-state index in [1.54, 1.807) is 24.1 Å². The number of hydrogen-bond acceptors (Lipinski definition) is 3. The summed E-state index contributed by atoms with van der Waals surface area (Å²) in [6.07, 6.45) is 3.76. The van der Waals surface area contributed by atoms with Gasteiger partial charge in [0.05, 0.1) is 6.26 Å². The summed E-state index contributed by atoms with van der Waals surface area (Å²) in [5.74, 6) is 0.324. The maximum Gasteiger partial charge on any atom is 0.289 e. The largest absolute Gasteiger partial charge is 0.459 e. The first kappa shape index (κ1) is 10.2. The Kier molecular flexibility index (Phi) is 2.52. The van der Waals surface area contributed by atoms with Crippen LogP contribution >= 0.6 is 0 Å². The number of furan rings is 1. The van der Waals surface area contributed by atoms with Crippen molar-refractivity contribution >= 4 is 5.91 Å². The van der Waals surface area contributed by atoms with E-state index in [2.05, 4.69) is 0 Å². The van der Waals surface area contributed by atoms with Crippen molar-refractivity contribution in [2.45, 2.75) is 12.8 Å². The summed E-state index contributed by atoms with van der Waals surface area (Å²) in [7, 11) is 1.79. The molecule has 0 unspecified atom stereocenters. The van der Waals surface area contributed by atoms with Crippen molar-refractivity contribution in [3.63, 3.8) is 0 Å². The Morgan fingerprint density at radius 1 is 1.67 bits per heavy atom. The van der Waals surface area contributed by atoms with Gasteiger partial charge in [0.2, 0.25) is 0 Å². The number of nitrogens with two attached hydrogens (primary N) is 1. The number of amides is 1. The lowest BCUT2D eigenvalue weighted by Gasteiger charge is -2.21. The molecule has 0 radical (unpaired) electrons. The lowest BCUT2D eigenvalue weighted by Crippen LogP contribution is -2.35. The van der Waals surface area contributed by atoms with Crippen LogP contribution in [-0.4, -0.2) is 30.9 Å². The van der Waals surface area contributed by atoms with E-state index in [9.17, 15) is 4.79 Å². The summed E-state index contributed by atoms with van der Waals surface area (Å²) in [6, 6.07) is 3.40. The van der Waals surface area contributed by atoms with Gasteiger partial charge in [-0.2, -0.15) is 0 Å². The molecule has 0 aromatic carbocycles. The number of hydrogen-bond donors (Lipinski definition) is 1. The second-order valence-electron chi connectivity index (χ2n) is 4.34. The molecule has 82 valence electrons. The van der Waals surface area contributed by atoms with Crippen LogP contribution in [0.3, 0.4) is 0 Å². The van der Waals surface area contributed by atoms with Gasteiger partial charge in [0.1, 0.15) is 0 Å². The Morgan fingerprint density at radius 3 is 2.87 bits per heavy atom. The van der Waals surface area contributed by atoms with Crippen LogP contribution in [0.2, 0.25) is 0 Å². The standard InChI is InChI=1S/C11H16N2O2/c1-13(8-11(7-12)4-5-11)10(14)9-3-2-6-15-9/h2-3,6H,4-5,7-8,12H2,1H3. The molecule has 1 heterocycles. The van der Waals surface area contributed by atoms with E-state index in [1.807, 2.05) is 0 Å². The zero-order chi connectivity index (χ0) is 10.9. The average Bonchev–Trinajstić information content (AvgIpc) is 2.81. The lowest BCUT2D eigenvalue weighted by atomic mass is 10.1. The van der Waals surface area contributed by atoms with Crippen LogP contribution in [-0.2, 0) is 0 Å². The topological polar surface area (TPSA) is 59.5 Å². The van der Waals surface area contributed by atoms with Crippen molar-refractivity contribution in [1.82, 2.24) is 4.90 Å². The average molecular weight is 208 g/mol. The summed E-state index contributed by atoms with van der Waals surface area (Å²) < 4.78 is 5.06. The first-order valence-corrected chi connectivity index (χ1v) is 5.16. The van der Waals surface area contributed by atoms with Crippen LogP contribution in [0.1, 0.15) is 23.4 Å². The van der Waals surface area contributed by atoms with Crippen LogP contribution < -0.4 is 5.73 Å². The van der Waals surface area contributed by atoms with Gasteiger partial charge >= 0.3 is 0 Å². The fourth-order valence-electron chi connectivity index (χ4n) is 1.77. The fourth-order valence-corrected chi connectivity index (χ4v) is 1.77. The zero-order valence-electron chi connectivity index (χ0n) is 8.90. The van der Waals surface area contributed by atoms with Crippen molar-refractivity contribution in [1.29, 1.82) is 0 Å². The molecule has 0 bridgehead atoms. The molecule has 15 heavy (non-hydrogen) atoms. The normalized spacial score (nSPS) is 17.5. The molecule has 0 aliphatic heterocycles. The predicted octanol–water partition coefficient (Wildman–Crippen LogP) is 1.09. The van der Waals surface area contributed by atoms with Crippen LogP contribution in [0.4, 0.5) is 0 Å². The van der Waals surface area contributed by atoms with Crippen LogP contribution in [0.5, 0.6) is 0 Å². The third-order valence-electron chi connectivity index (χ3n) is 3.04. The van der Waals surface area contributed by atoms with Gasteiger partial charge in [-0.15, -0.1) is 0 Å². The summed E-state index contributed by atoms with van der Waals surface area (Å²) >= 11 is 0. The molecule has 1 fully saturated rings. The van der Waals surface area contributed by atoms with Crippen molar-refractivity contribution in [3.8, 4) is 0 Å². The minimum Gasteiger partial charge on any atom is -0.459 e. The molecule has 4 heteroatoms. The molecule has 0 spiro atoms. The van der Waals surface area contributed by atoms with E-state index in [4.69, 9.17) is 10.2 Å². The van der Waals surface area contributed by atoms with E-state index in [0.29, 0.717) is 12.3 Å². The molecule has 2 rings (SSSR count). The highest BCUT2D eigenvalue weighted by Gasteiger charge is 2.42. The SMILES string of the molecule is CN(CC1(CN)CC1)C(=O)c1ccco1. The van der Waals surface area contributed by atoms with Gasteiger partial charge in [0, 0.05) is 19.0 Å². The highest BCUT2D eigenvalue weighted by Crippen LogP contribution is 2.44. The lowest BCUT2D eigenvalue weighted by molar-refractivity contribution is 0.0735. The minimum atomic E-state index is -0.0697. The van der Waals surface area contributed by atoms with Crippen LogP contribution in [0.15, 0.2) is 22.8 Å².